The molecule has 0 aliphatic heterocycles. The topological polar surface area (TPSA) is 130 Å². The molecule has 1 unspecified atom stereocenters. The van der Waals surface area contributed by atoms with E-state index < -0.39 is 31.3 Å². The number of benzene rings is 1. The van der Waals surface area contributed by atoms with E-state index in [0.29, 0.717) is 19.3 Å². The van der Waals surface area contributed by atoms with Crippen molar-refractivity contribution in [1.82, 2.24) is 4.90 Å². The van der Waals surface area contributed by atoms with Gasteiger partial charge in [0.25, 0.3) is 6.47 Å². The first-order valence-electron chi connectivity index (χ1n) is 8.87. The van der Waals surface area contributed by atoms with Gasteiger partial charge >= 0.3 is 17.9 Å². The molecule has 1 aromatic rings. The van der Waals surface area contributed by atoms with Gasteiger partial charge in [0, 0.05) is 6.42 Å². The minimum absolute atomic E-state index is 0.134. The van der Waals surface area contributed by atoms with E-state index in [1.54, 1.807) is 0 Å². The van der Waals surface area contributed by atoms with Crippen LogP contribution in [0.3, 0.4) is 0 Å². The van der Waals surface area contributed by atoms with E-state index in [-0.39, 0.29) is 31.9 Å². The molecule has 9 nitrogen and oxygen atoms in total. The number of esters is 1. The number of hydrogen-bond acceptors (Lipinski definition) is 7. The summed E-state index contributed by atoms with van der Waals surface area (Å²) in [5.74, 6) is -2.74. The monoisotopic (exact) mass is 395 g/mol. The van der Waals surface area contributed by atoms with Gasteiger partial charge in [0.1, 0.15) is 25.9 Å². The molecule has 28 heavy (non-hydrogen) atoms. The van der Waals surface area contributed by atoms with Crippen molar-refractivity contribution >= 4 is 24.4 Å². The molecule has 0 radical (unpaired) electrons. The molecule has 2 N–H and O–H groups in total. The van der Waals surface area contributed by atoms with Crippen LogP contribution in [0.15, 0.2) is 30.3 Å². The predicted molar refractivity (Wildman–Crippen MR) is 97.1 cm³/mol. The summed E-state index contributed by atoms with van der Waals surface area (Å²) in [5.41, 5.74) is 0.899. The lowest BCUT2D eigenvalue weighted by Gasteiger charge is -2.25. The van der Waals surface area contributed by atoms with Crippen molar-refractivity contribution in [1.29, 1.82) is 0 Å². The number of ether oxygens (including phenoxy) is 2. The maximum absolute atomic E-state index is 11.7. The van der Waals surface area contributed by atoms with Gasteiger partial charge in [-0.15, -0.1) is 0 Å². The van der Waals surface area contributed by atoms with Gasteiger partial charge in [0.15, 0.2) is 0 Å². The van der Waals surface area contributed by atoms with Gasteiger partial charge in [0.2, 0.25) is 0 Å². The van der Waals surface area contributed by atoms with Crippen molar-refractivity contribution in [2.45, 2.75) is 44.8 Å². The number of carbonyl (C=O) groups excluding carboxylic acids is 2. The van der Waals surface area contributed by atoms with Crippen molar-refractivity contribution in [3.63, 3.8) is 0 Å². The summed E-state index contributed by atoms with van der Waals surface area (Å²) in [4.78, 5) is 45.4. The van der Waals surface area contributed by atoms with Gasteiger partial charge in [-0.05, 0) is 18.4 Å². The molecule has 154 valence electrons. The molecular weight excluding hydrogens is 370 g/mol. The Kier molecular flexibility index (Phi) is 10.9. The second-order valence-electron chi connectivity index (χ2n) is 6.13. The number of nitrogens with zero attached hydrogens (tertiary/aromatic N) is 1. The van der Waals surface area contributed by atoms with Crippen molar-refractivity contribution < 1.29 is 38.9 Å². The number of hydrogen-bond donors (Lipinski definition) is 2. The minimum Gasteiger partial charge on any atom is -0.480 e. The van der Waals surface area contributed by atoms with E-state index in [4.69, 9.17) is 9.84 Å². The summed E-state index contributed by atoms with van der Waals surface area (Å²) in [6.45, 7) is -0.633. The third-order valence-electron chi connectivity index (χ3n) is 3.97. The second-order valence-corrected chi connectivity index (χ2v) is 6.13. The van der Waals surface area contributed by atoms with E-state index >= 15 is 0 Å². The van der Waals surface area contributed by atoms with Crippen LogP contribution in [0, 0.1) is 0 Å². The first-order chi connectivity index (χ1) is 13.4. The predicted octanol–water partition coefficient (Wildman–Crippen LogP) is 1.65. The number of rotatable bonds is 15. The van der Waals surface area contributed by atoms with Crippen LogP contribution in [0.5, 0.6) is 0 Å². The summed E-state index contributed by atoms with van der Waals surface area (Å²) in [7, 11) is 0. The van der Waals surface area contributed by atoms with E-state index in [1.165, 1.54) is 0 Å². The van der Waals surface area contributed by atoms with E-state index in [9.17, 15) is 24.3 Å². The van der Waals surface area contributed by atoms with Crippen LogP contribution in [0.4, 0.5) is 0 Å². The highest BCUT2D eigenvalue weighted by Crippen LogP contribution is 2.13. The Labute approximate surface area is 162 Å². The first kappa shape index (κ1) is 23.1. The van der Waals surface area contributed by atoms with E-state index in [1.807, 2.05) is 30.3 Å². The molecule has 1 aromatic carbocycles. The molecule has 0 bridgehead atoms. The quantitative estimate of drug-likeness (QED) is 0.197. The standard InChI is InChI=1S/C19H25NO8/c21-14-27-13-20(11-17(22)23)16(19(25)26)9-5-2-6-10-18(24)28-12-15-7-3-1-4-8-15/h1,3-4,7-8,14,16H,2,5-6,9-13H2,(H,22,23)(H,25,26). The molecule has 1 atom stereocenters. The van der Waals surface area contributed by atoms with Gasteiger partial charge in [-0.1, -0.05) is 43.2 Å². The van der Waals surface area contributed by atoms with Crippen LogP contribution in [-0.4, -0.2) is 58.8 Å². The highest BCUT2D eigenvalue weighted by molar-refractivity contribution is 5.75. The fourth-order valence-electron chi connectivity index (χ4n) is 2.60. The number of carboxylic acids is 2. The molecule has 9 heteroatoms. The van der Waals surface area contributed by atoms with Crippen molar-refractivity contribution in [3.8, 4) is 0 Å². The zero-order valence-corrected chi connectivity index (χ0v) is 15.5. The normalized spacial score (nSPS) is 11.6. The summed E-state index contributed by atoms with van der Waals surface area (Å²) < 4.78 is 9.67. The summed E-state index contributed by atoms with van der Waals surface area (Å²) in [6, 6.07) is 8.21. The Balaban J connectivity index is 2.33. The average Bonchev–Trinajstić information content (AvgIpc) is 2.66. The lowest BCUT2D eigenvalue weighted by molar-refractivity contribution is -0.154. The highest BCUT2D eigenvalue weighted by Gasteiger charge is 2.27. The van der Waals surface area contributed by atoms with Gasteiger partial charge in [0.05, 0.1) is 0 Å². The largest absolute Gasteiger partial charge is 0.480 e. The van der Waals surface area contributed by atoms with Crippen LogP contribution in [0.25, 0.3) is 0 Å². The van der Waals surface area contributed by atoms with Crippen LogP contribution in [-0.2, 0) is 35.3 Å². The number of unbranched alkanes of at least 4 members (excludes halogenated alkanes) is 2. The Morgan fingerprint density at radius 1 is 1.07 bits per heavy atom. The lowest BCUT2D eigenvalue weighted by atomic mass is 10.1. The molecule has 0 fully saturated rings. The van der Waals surface area contributed by atoms with Crippen LogP contribution in [0.2, 0.25) is 0 Å². The van der Waals surface area contributed by atoms with Crippen LogP contribution in [0.1, 0.15) is 37.7 Å². The fourth-order valence-corrected chi connectivity index (χ4v) is 2.60. The van der Waals surface area contributed by atoms with Crippen molar-refractivity contribution in [3.05, 3.63) is 35.9 Å². The number of aliphatic carboxylic acids is 2. The fraction of sp³-hybridized carbons (Fsp3) is 0.474. The SMILES string of the molecule is O=COCN(CC(=O)O)C(CCCCCC(=O)OCc1ccccc1)C(=O)O. The summed E-state index contributed by atoms with van der Waals surface area (Å²) in [5, 5.41) is 18.2. The zero-order chi connectivity index (χ0) is 20.8. The average molecular weight is 395 g/mol. The molecule has 0 heterocycles. The lowest BCUT2D eigenvalue weighted by Crippen LogP contribution is -2.45. The van der Waals surface area contributed by atoms with Gasteiger partial charge in [-0.25, -0.2) is 4.90 Å². The zero-order valence-electron chi connectivity index (χ0n) is 15.5. The minimum atomic E-state index is -1.22. The molecule has 0 saturated heterocycles. The molecule has 0 aromatic heterocycles. The Hall–Kier alpha value is -2.94. The molecule has 0 spiro atoms. The molecule has 0 saturated carbocycles. The number of carbonyl (C=O) groups is 4. The van der Waals surface area contributed by atoms with E-state index in [0.717, 1.165) is 10.5 Å². The third-order valence-corrected chi connectivity index (χ3v) is 3.97. The van der Waals surface area contributed by atoms with Crippen LogP contribution < -0.4 is 0 Å². The molecule has 1 rings (SSSR count). The van der Waals surface area contributed by atoms with Crippen LogP contribution >= 0.6 is 0 Å². The smallest absolute Gasteiger partial charge is 0.321 e. The molecule has 0 amide bonds. The van der Waals surface area contributed by atoms with Gasteiger partial charge in [-0.3, -0.25) is 19.2 Å². The summed E-state index contributed by atoms with van der Waals surface area (Å²) in [6.07, 6.45) is 1.98. The van der Waals surface area contributed by atoms with Crippen molar-refractivity contribution in [2.24, 2.45) is 0 Å². The second kappa shape index (κ2) is 13.3. The maximum Gasteiger partial charge on any atom is 0.321 e. The number of carboxylic acid groups (broad SMARTS) is 2. The van der Waals surface area contributed by atoms with Crippen molar-refractivity contribution in [2.75, 3.05) is 13.3 Å². The third kappa shape index (κ3) is 9.67. The maximum atomic E-state index is 11.7. The molecule has 0 aliphatic rings. The Bertz CT molecular complexity index is 634. The van der Waals surface area contributed by atoms with E-state index in [2.05, 4.69) is 4.74 Å². The molecule has 0 aliphatic carbocycles. The first-order valence-corrected chi connectivity index (χ1v) is 8.87. The van der Waals surface area contributed by atoms with Gasteiger partial charge in [-0.2, -0.15) is 0 Å². The molecular formula is C19H25NO8. The summed E-state index contributed by atoms with van der Waals surface area (Å²) >= 11 is 0. The highest BCUT2D eigenvalue weighted by atomic mass is 16.5. The van der Waals surface area contributed by atoms with Gasteiger partial charge < -0.3 is 19.7 Å². The Morgan fingerprint density at radius 2 is 1.79 bits per heavy atom. The Morgan fingerprint density at radius 3 is 2.39 bits per heavy atom.